The Kier molecular flexibility index (Phi) is 4.04. The lowest BCUT2D eigenvalue weighted by Gasteiger charge is -2.03. The van der Waals surface area contributed by atoms with Crippen molar-refractivity contribution in [1.82, 2.24) is 4.98 Å². The van der Waals surface area contributed by atoms with Crippen LogP contribution in [0.15, 0.2) is 53.3 Å². The number of aromatic nitrogens is 1. The van der Waals surface area contributed by atoms with Crippen LogP contribution in [0, 0.1) is 0 Å². The summed E-state index contributed by atoms with van der Waals surface area (Å²) in [4.78, 5) is 15.9. The van der Waals surface area contributed by atoms with Crippen molar-refractivity contribution >= 4 is 21.7 Å². The maximum atomic E-state index is 11.9. The molecule has 0 saturated carbocycles. The molecule has 1 aromatic heterocycles. The minimum absolute atomic E-state index is 0.199. The van der Waals surface area contributed by atoms with Crippen LogP contribution in [-0.2, 0) is 17.6 Å². The summed E-state index contributed by atoms with van der Waals surface area (Å²) in [6.45, 7) is 0. The van der Waals surface area contributed by atoms with Crippen LogP contribution in [0.4, 0.5) is 0 Å². The molecule has 0 amide bonds. The predicted molar refractivity (Wildman–Crippen MR) is 70.8 cm³/mol. The monoisotopic (exact) mass is 289 g/mol. The number of rotatable bonds is 4. The van der Waals surface area contributed by atoms with Crippen molar-refractivity contribution < 1.29 is 4.79 Å². The summed E-state index contributed by atoms with van der Waals surface area (Å²) in [5.41, 5.74) is 1.99. The summed E-state index contributed by atoms with van der Waals surface area (Å²) < 4.78 is 0.986. The molecule has 0 aliphatic heterocycles. The fourth-order valence-corrected chi connectivity index (χ4v) is 2.07. The minimum Gasteiger partial charge on any atom is -0.299 e. The molecule has 0 atom stereocenters. The first-order valence-electron chi connectivity index (χ1n) is 5.40. The standard InChI is InChI=1S/C14H12BrNO/c15-14-6-2-1-5-12(14)9-13(17)8-11-4-3-7-16-10-11/h1-7,10H,8-9H2. The Morgan fingerprint density at radius 1 is 1.12 bits per heavy atom. The van der Waals surface area contributed by atoms with E-state index in [1.54, 1.807) is 12.4 Å². The lowest BCUT2D eigenvalue weighted by Crippen LogP contribution is -2.07. The maximum Gasteiger partial charge on any atom is 0.141 e. The zero-order chi connectivity index (χ0) is 12.1. The number of pyridine rings is 1. The third-order valence-corrected chi connectivity index (χ3v) is 3.24. The molecular weight excluding hydrogens is 278 g/mol. The number of nitrogens with zero attached hydrogens (tertiary/aromatic N) is 1. The van der Waals surface area contributed by atoms with Gasteiger partial charge in [-0.2, -0.15) is 0 Å². The van der Waals surface area contributed by atoms with Crippen LogP contribution in [0.2, 0.25) is 0 Å². The van der Waals surface area contributed by atoms with Gasteiger partial charge in [-0.15, -0.1) is 0 Å². The smallest absolute Gasteiger partial charge is 0.141 e. The second kappa shape index (κ2) is 5.73. The van der Waals surface area contributed by atoms with E-state index in [2.05, 4.69) is 20.9 Å². The molecule has 0 aliphatic rings. The number of halogens is 1. The molecule has 0 radical (unpaired) electrons. The molecule has 0 N–H and O–H groups in total. The van der Waals surface area contributed by atoms with Gasteiger partial charge >= 0.3 is 0 Å². The molecule has 86 valence electrons. The van der Waals surface area contributed by atoms with Gasteiger partial charge in [-0.25, -0.2) is 0 Å². The molecule has 2 nitrogen and oxygen atoms in total. The SMILES string of the molecule is O=C(Cc1cccnc1)Cc1ccccc1Br. The highest BCUT2D eigenvalue weighted by Gasteiger charge is 2.07. The van der Waals surface area contributed by atoms with Crippen molar-refractivity contribution in [2.75, 3.05) is 0 Å². The van der Waals surface area contributed by atoms with Crippen LogP contribution in [0.25, 0.3) is 0 Å². The Morgan fingerprint density at radius 3 is 2.65 bits per heavy atom. The lowest BCUT2D eigenvalue weighted by molar-refractivity contribution is -0.117. The van der Waals surface area contributed by atoms with Gasteiger partial charge in [0.25, 0.3) is 0 Å². The number of carbonyl (C=O) groups is 1. The van der Waals surface area contributed by atoms with Gasteiger partial charge in [-0.3, -0.25) is 9.78 Å². The van der Waals surface area contributed by atoms with Crippen molar-refractivity contribution in [3.8, 4) is 0 Å². The van der Waals surface area contributed by atoms with Gasteiger partial charge in [0.05, 0.1) is 0 Å². The average Bonchev–Trinajstić information content (AvgIpc) is 2.33. The highest BCUT2D eigenvalue weighted by molar-refractivity contribution is 9.10. The van der Waals surface area contributed by atoms with Crippen LogP contribution in [0.3, 0.4) is 0 Å². The van der Waals surface area contributed by atoms with Crippen LogP contribution in [0.1, 0.15) is 11.1 Å². The van der Waals surface area contributed by atoms with E-state index in [0.29, 0.717) is 12.8 Å². The first-order chi connectivity index (χ1) is 8.25. The van der Waals surface area contributed by atoms with Crippen molar-refractivity contribution in [2.24, 2.45) is 0 Å². The summed E-state index contributed by atoms with van der Waals surface area (Å²) >= 11 is 3.45. The number of hydrogen-bond acceptors (Lipinski definition) is 2. The molecule has 0 fully saturated rings. The number of Topliss-reactive ketones (excluding diaryl/α,β-unsaturated/α-hetero) is 1. The number of benzene rings is 1. The number of hydrogen-bond donors (Lipinski definition) is 0. The predicted octanol–water partition coefficient (Wildman–Crippen LogP) is 3.20. The summed E-state index contributed by atoms with van der Waals surface area (Å²) in [7, 11) is 0. The second-order valence-corrected chi connectivity index (χ2v) is 4.70. The molecule has 3 heteroatoms. The van der Waals surface area contributed by atoms with Gasteiger partial charge < -0.3 is 0 Å². The normalized spacial score (nSPS) is 10.2. The fraction of sp³-hybridized carbons (Fsp3) is 0.143. The molecule has 2 rings (SSSR count). The highest BCUT2D eigenvalue weighted by Crippen LogP contribution is 2.17. The lowest BCUT2D eigenvalue weighted by atomic mass is 10.0. The first-order valence-corrected chi connectivity index (χ1v) is 6.19. The van der Waals surface area contributed by atoms with Gasteiger partial charge in [0, 0.05) is 29.7 Å². The third kappa shape index (κ3) is 3.49. The number of carbonyl (C=O) groups excluding carboxylic acids is 1. The minimum atomic E-state index is 0.199. The van der Waals surface area contributed by atoms with E-state index in [-0.39, 0.29) is 5.78 Å². The van der Waals surface area contributed by atoms with Crippen molar-refractivity contribution in [2.45, 2.75) is 12.8 Å². The molecular formula is C14H12BrNO. The van der Waals surface area contributed by atoms with Gasteiger partial charge in [0.1, 0.15) is 5.78 Å². The Morgan fingerprint density at radius 2 is 1.94 bits per heavy atom. The van der Waals surface area contributed by atoms with E-state index in [0.717, 1.165) is 15.6 Å². The molecule has 0 aliphatic carbocycles. The first kappa shape index (κ1) is 12.0. The summed E-state index contributed by atoms with van der Waals surface area (Å²) in [6, 6.07) is 11.6. The van der Waals surface area contributed by atoms with E-state index >= 15 is 0 Å². The Hall–Kier alpha value is -1.48. The number of ketones is 1. The summed E-state index contributed by atoms with van der Waals surface area (Å²) in [6.07, 6.45) is 4.34. The van der Waals surface area contributed by atoms with E-state index in [1.165, 1.54) is 0 Å². The largest absolute Gasteiger partial charge is 0.299 e. The fourth-order valence-electron chi connectivity index (χ4n) is 1.65. The molecule has 2 aromatic rings. The Labute approximate surface area is 109 Å². The van der Waals surface area contributed by atoms with E-state index in [4.69, 9.17) is 0 Å². The van der Waals surface area contributed by atoms with Gasteiger partial charge in [0.15, 0.2) is 0 Å². The van der Waals surface area contributed by atoms with Gasteiger partial charge in [0.2, 0.25) is 0 Å². The van der Waals surface area contributed by atoms with Crippen LogP contribution in [-0.4, -0.2) is 10.8 Å². The molecule has 1 aromatic carbocycles. The zero-order valence-electron chi connectivity index (χ0n) is 9.27. The molecule has 0 saturated heterocycles. The van der Waals surface area contributed by atoms with Crippen LogP contribution < -0.4 is 0 Å². The highest BCUT2D eigenvalue weighted by atomic mass is 79.9. The Bertz CT molecular complexity index is 511. The molecule has 1 heterocycles. The van der Waals surface area contributed by atoms with Crippen molar-refractivity contribution in [1.29, 1.82) is 0 Å². The van der Waals surface area contributed by atoms with Crippen molar-refractivity contribution in [3.05, 3.63) is 64.4 Å². The quantitative estimate of drug-likeness (QED) is 0.865. The molecule has 17 heavy (non-hydrogen) atoms. The second-order valence-electron chi connectivity index (χ2n) is 3.84. The van der Waals surface area contributed by atoms with E-state index in [9.17, 15) is 4.79 Å². The van der Waals surface area contributed by atoms with E-state index < -0.39 is 0 Å². The van der Waals surface area contributed by atoms with Crippen LogP contribution in [0.5, 0.6) is 0 Å². The Balaban J connectivity index is 2.01. The van der Waals surface area contributed by atoms with Gasteiger partial charge in [-0.05, 0) is 23.3 Å². The maximum absolute atomic E-state index is 11.9. The van der Waals surface area contributed by atoms with E-state index in [1.807, 2.05) is 36.4 Å². The van der Waals surface area contributed by atoms with Gasteiger partial charge in [-0.1, -0.05) is 40.2 Å². The average molecular weight is 290 g/mol. The molecule has 0 bridgehead atoms. The topological polar surface area (TPSA) is 30.0 Å². The third-order valence-electron chi connectivity index (χ3n) is 2.47. The molecule has 0 spiro atoms. The summed E-state index contributed by atoms with van der Waals surface area (Å²) in [5.74, 6) is 0.199. The summed E-state index contributed by atoms with van der Waals surface area (Å²) in [5, 5.41) is 0. The van der Waals surface area contributed by atoms with Crippen molar-refractivity contribution in [3.63, 3.8) is 0 Å². The zero-order valence-corrected chi connectivity index (χ0v) is 10.9. The molecule has 0 unspecified atom stereocenters. The van der Waals surface area contributed by atoms with Crippen LogP contribution >= 0.6 is 15.9 Å².